The highest BCUT2D eigenvalue weighted by molar-refractivity contribution is 8.18. The average Bonchev–Trinajstić information content (AvgIpc) is 3.26. The lowest BCUT2D eigenvalue weighted by atomic mass is 10.1. The molecule has 0 spiro atoms. The summed E-state index contributed by atoms with van der Waals surface area (Å²) >= 11 is 0.894. The molecule has 2 amide bonds. The fourth-order valence-corrected chi connectivity index (χ4v) is 4.47. The molecule has 0 radical (unpaired) electrons. The van der Waals surface area contributed by atoms with Gasteiger partial charge in [-0.3, -0.25) is 24.6 Å². The van der Waals surface area contributed by atoms with Crippen LogP contribution < -0.4 is 0 Å². The van der Waals surface area contributed by atoms with Crippen molar-refractivity contribution in [2.24, 2.45) is 0 Å². The van der Waals surface area contributed by atoms with Crippen LogP contribution in [0.1, 0.15) is 37.4 Å². The molecule has 1 saturated heterocycles. The van der Waals surface area contributed by atoms with Gasteiger partial charge in [0.2, 0.25) is 0 Å². The zero-order valence-electron chi connectivity index (χ0n) is 17.1. The summed E-state index contributed by atoms with van der Waals surface area (Å²) in [5.41, 5.74) is 2.43. The SMILES string of the molecule is CC[C@H](C)n1cc(/C=C2\SC(=O)N(Cc3cccc([N+](=O)[O-])c3)C2=O)c2ccccc21. The van der Waals surface area contributed by atoms with Gasteiger partial charge in [-0.1, -0.05) is 37.3 Å². The molecular weight excluding hydrogens is 414 g/mol. The van der Waals surface area contributed by atoms with Crippen molar-refractivity contribution in [1.82, 2.24) is 9.47 Å². The highest BCUT2D eigenvalue weighted by Crippen LogP contribution is 2.36. The number of aromatic nitrogens is 1. The summed E-state index contributed by atoms with van der Waals surface area (Å²) in [7, 11) is 0. The van der Waals surface area contributed by atoms with Crippen molar-refractivity contribution in [3.63, 3.8) is 0 Å². The fourth-order valence-electron chi connectivity index (χ4n) is 3.64. The second-order valence-electron chi connectivity index (χ2n) is 7.46. The van der Waals surface area contributed by atoms with E-state index in [1.54, 1.807) is 18.2 Å². The van der Waals surface area contributed by atoms with Crippen molar-refractivity contribution in [3.05, 3.63) is 80.9 Å². The Balaban J connectivity index is 1.65. The number of imide groups is 1. The summed E-state index contributed by atoms with van der Waals surface area (Å²) in [4.78, 5) is 37.4. The standard InChI is InChI=1S/C23H21N3O4S/c1-3-15(2)24-14-17(19-9-4-5-10-20(19)24)12-21-22(27)25(23(28)31-21)13-16-7-6-8-18(11-16)26(29)30/h4-12,14-15H,3,13H2,1-2H3/b21-12-/t15-/m0/s1. The predicted molar refractivity (Wildman–Crippen MR) is 122 cm³/mol. The Bertz CT molecular complexity index is 1230. The first-order chi connectivity index (χ1) is 14.9. The molecule has 1 fully saturated rings. The highest BCUT2D eigenvalue weighted by atomic mass is 32.2. The van der Waals surface area contributed by atoms with Gasteiger partial charge in [-0.25, -0.2) is 0 Å². The predicted octanol–water partition coefficient (Wildman–Crippen LogP) is 5.76. The van der Waals surface area contributed by atoms with E-state index >= 15 is 0 Å². The van der Waals surface area contributed by atoms with Gasteiger partial charge >= 0.3 is 0 Å². The Labute approximate surface area is 183 Å². The van der Waals surface area contributed by atoms with E-state index in [1.807, 2.05) is 30.5 Å². The molecule has 3 aromatic rings. The minimum atomic E-state index is -0.496. The third kappa shape index (κ3) is 3.98. The number of nitro benzene ring substituents is 1. The lowest BCUT2D eigenvalue weighted by Crippen LogP contribution is -2.27. The van der Waals surface area contributed by atoms with Crippen LogP contribution >= 0.6 is 11.8 Å². The van der Waals surface area contributed by atoms with Crippen LogP contribution in [0.4, 0.5) is 10.5 Å². The second-order valence-corrected chi connectivity index (χ2v) is 8.45. The van der Waals surface area contributed by atoms with Crippen molar-refractivity contribution < 1.29 is 14.5 Å². The average molecular weight is 436 g/mol. The van der Waals surface area contributed by atoms with Gasteiger partial charge in [-0.05, 0) is 42.8 Å². The summed E-state index contributed by atoms with van der Waals surface area (Å²) in [6, 6.07) is 14.3. The van der Waals surface area contributed by atoms with Gasteiger partial charge in [0.25, 0.3) is 16.8 Å². The lowest BCUT2D eigenvalue weighted by Gasteiger charge is -2.12. The van der Waals surface area contributed by atoms with Crippen LogP contribution in [0.15, 0.2) is 59.6 Å². The first kappa shape index (κ1) is 20.9. The largest absolute Gasteiger partial charge is 0.344 e. The first-order valence-electron chi connectivity index (χ1n) is 9.97. The van der Waals surface area contributed by atoms with E-state index in [4.69, 9.17) is 0 Å². The summed E-state index contributed by atoms with van der Waals surface area (Å²) in [6.07, 6.45) is 4.75. The number of non-ortho nitro benzene ring substituents is 1. The van der Waals surface area contributed by atoms with Gasteiger partial charge in [0, 0.05) is 40.8 Å². The number of benzene rings is 2. The van der Waals surface area contributed by atoms with Gasteiger partial charge < -0.3 is 4.57 Å². The molecule has 2 aromatic carbocycles. The number of nitro groups is 1. The van der Waals surface area contributed by atoms with E-state index in [2.05, 4.69) is 18.4 Å². The molecule has 0 N–H and O–H groups in total. The Morgan fingerprint density at radius 2 is 1.94 bits per heavy atom. The number of amides is 2. The third-order valence-corrected chi connectivity index (χ3v) is 6.37. The van der Waals surface area contributed by atoms with Crippen molar-refractivity contribution in [2.45, 2.75) is 32.9 Å². The summed E-state index contributed by atoms with van der Waals surface area (Å²) in [5, 5.41) is 11.6. The van der Waals surface area contributed by atoms with E-state index in [0.717, 1.165) is 39.5 Å². The number of hydrogen-bond acceptors (Lipinski definition) is 5. The van der Waals surface area contributed by atoms with Crippen LogP contribution in [0.5, 0.6) is 0 Å². The highest BCUT2D eigenvalue weighted by Gasteiger charge is 2.35. The molecule has 31 heavy (non-hydrogen) atoms. The number of carbonyl (C=O) groups excluding carboxylic acids is 2. The number of rotatable bonds is 6. The van der Waals surface area contributed by atoms with Crippen molar-refractivity contribution in [3.8, 4) is 0 Å². The number of para-hydroxylation sites is 1. The number of hydrogen-bond donors (Lipinski definition) is 0. The Hall–Kier alpha value is -3.39. The van der Waals surface area contributed by atoms with Crippen molar-refractivity contribution in [1.29, 1.82) is 0 Å². The number of nitrogens with zero attached hydrogens (tertiary/aromatic N) is 3. The summed E-state index contributed by atoms with van der Waals surface area (Å²) in [6.45, 7) is 4.26. The van der Waals surface area contributed by atoms with E-state index in [1.165, 1.54) is 12.1 Å². The molecule has 0 aliphatic carbocycles. The molecule has 4 rings (SSSR count). The Kier molecular flexibility index (Phi) is 5.65. The van der Waals surface area contributed by atoms with Crippen LogP contribution in [-0.4, -0.2) is 25.5 Å². The topological polar surface area (TPSA) is 85.4 Å². The maximum atomic E-state index is 13.0. The smallest absolute Gasteiger partial charge is 0.293 e. The zero-order valence-corrected chi connectivity index (χ0v) is 18.0. The fraction of sp³-hybridized carbons (Fsp3) is 0.217. The van der Waals surface area contributed by atoms with Gasteiger partial charge in [0.1, 0.15) is 0 Å². The lowest BCUT2D eigenvalue weighted by molar-refractivity contribution is -0.384. The van der Waals surface area contributed by atoms with E-state index in [0.29, 0.717) is 16.5 Å². The summed E-state index contributed by atoms with van der Waals surface area (Å²) < 4.78 is 2.19. The van der Waals surface area contributed by atoms with Crippen LogP contribution in [0.2, 0.25) is 0 Å². The molecule has 1 aromatic heterocycles. The molecule has 2 heterocycles. The molecule has 1 atom stereocenters. The van der Waals surface area contributed by atoms with E-state index in [9.17, 15) is 19.7 Å². The molecule has 0 bridgehead atoms. The van der Waals surface area contributed by atoms with Crippen LogP contribution in [0.3, 0.4) is 0 Å². The minimum absolute atomic E-state index is 0.00167. The quantitative estimate of drug-likeness (QED) is 0.279. The van der Waals surface area contributed by atoms with Crippen LogP contribution in [-0.2, 0) is 11.3 Å². The molecule has 8 heteroatoms. The van der Waals surface area contributed by atoms with Crippen LogP contribution in [0, 0.1) is 10.1 Å². The van der Waals surface area contributed by atoms with Gasteiger partial charge in [-0.15, -0.1) is 0 Å². The normalized spacial score (nSPS) is 16.5. The first-order valence-corrected chi connectivity index (χ1v) is 10.8. The number of carbonyl (C=O) groups is 2. The number of thioether (sulfide) groups is 1. The minimum Gasteiger partial charge on any atom is -0.344 e. The second kappa shape index (κ2) is 8.39. The maximum Gasteiger partial charge on any atom is 0.293 e. The maximum absolute atomic E-state index is 13.0. The van der Waals surface area contributed by atoms with Crippen molar-refractivity contribution >= 4 is 45.6 Å². The number of fused-ring (bicyclic) bond motifs is 1. The monoisotopic (exact) mass is 435 g/mol. The molecule has 1 aliphatic heterocycles. The molecule has 0 saturated carbocycles. The van der Waals surface area contributed by atoms with Crippen molar-refractivity contribution in [2.75, 3.05) is 0 Å². The van der Waals surface area contributed by atoms with Crippen LogP contribution in [0.25, 0.3) is 17.0 Å². The van der Waals surface area contributed by atoms with Gasteiger partial charge in [0.15, 0.2) is 0 Å². The third-order valence-electron chi connectivity index (χ3n) is 5.46. The zero-order chi connectivity index (χ0) is 22.1. The molecule has 158 valence electrons. The molecule has 7 nitrogen and oxygen atoms in total. The Morgan fingerprint density at radius 3 is 2.68 bits per heavy atom. The summed E-state index contributed by atoms with van der Waals surface area (Å²) in [5.74, 6) is -0.387. The Morgan fingerprint density at radius 1 is 1.16 bits per heavy atom. The molecule has 1 aliphatic rings. The molecular formula is C23H21N3O4S. The van der Waals surface area contributed by atoms with Gasteiger partial charge in [-0.2, -0.15) is 0 Å². The van der Waals surface area contributed by atoms with Gasteiger partial charge in [0.05, 0.1) is 16.4 Å². The molecule has 0 unspecified atom stereocenters. The van der Waals surface area contributed by atoms with E-state index in [-0.39, 0.29) is 23.4 Å². The van der Waals surface area contributed by atoms with E-state index < -0.39 is 4.92 Å².